The van der Waals surface area contributed by atoms with Crippen molar-refractivity contribution in [2.75, 3.05) is 30.3 Å². The number of nitrogens with two attached hydrogens (primary N) is 1. The average Bonchev–Trinajstić information content (AvgIpc) is 3.78. The van der Waals surface area contributed by atoms with E-state index in [1.807, 2.05) is 4.90 Å². The van der Waals surface area contributed by atoms with Crippen LogP contribution in [0.5, 0.6) is 5.88 Å². The molecule has 4 N–H and O–H groups in total. The largest absolute Gasteiger partial charge is 0.480 e. The number of rotatable bonds is 8. The number of ether oxygens (including phenoxy) is 2. The van der Waals surface area contributed by atoms with Crippen LogP contribution in [-0.2, 0) is 9.53 Å². The molecule has 3 aromatic rings. The van der Waals surface area contributed by atoms with Gasteiger partial charge in [-0.15, -0.1) is 0 Å². The van der Waals surface area contributed by atoms with Gasteiger partial charge in [-0.25, -0.2) is 9.48 Å². The van der Waals surface area contributed by atoms with Gasteiger partial charge in [-0.05, 0) is 75.5 Å². The van der Waals surface area contributed by atoms with Gasteiger partial charge in [-0.3, -0.25) is 4.79 Å². The molecule has 0 unspecified atom stereocenters. The number of piperidine rings is 1. The highest BCUT2D eigenvalue weighted by atomic mass is 19.4. The molecular formula is C31H36F3N7O5. The van der Waals surface area contributed by atoms with Crippen molar-refractivity contribution in [1.29, 1.82) is 0 Å². The lowest BCUT2D eigenvalue weighted by atomic mass is 9.76. The van der Waals surface area contributed by atoms with Gasteiger partial charge in [0, 0.05) is 37.5 Å². The number of aryl methyl sites for hydroxylation is 1. The number of hydrogen-bond acceptors (Lipinski definition) is 10. The maximum absolute atomic E-state index is 14.8. The van der Waals surface area contributed by atoms with Gasteiger partial charge in [-0.2, -0.15) is 28.2 Å². The van der Waals surface area contributed by atoms with E-state index in [0.717, 1.165) is 25.7 Å². The third-order valence-corrected chi connectivity index (χ3v) is 9.14. The average molecular weight is 644 g/mol. The van der Waals surface area contributed by atoms with Gasteiger partial charge in [0.2, 0.25) is 17.9 Å². The quantitative estimate of drug-likeness (QED) is 0.300. The van der Waals surface area contributed by atoms with E-state index in [1.54, 1.807) is 13.0 Å². The topological polar surface area (TPSA) is 158 Å². The SMILES string of the molecule is Cc1ccn(-c2cc(C(=O)OC3CCCC3)ccc2[C@@H](Oc2cc(N3CCC4(CC3)CN[C@H](C(=O)O)C4)nc(N)n2)C(F)(F)F)n1. The molecule has 46 heavy (non-hydrogen) atoms. The highest BCUT2D eigenvalue weighted by Gasteiger charge is 2.46. The number of nitrogens with one attached hydrogen (secondary N) is 1. The van der Waals surface area contributed by atoms with Crippen LogP contribution in [0.1, 0.15) is 72.7 Å². The fourth-order valence-electron chi connectivity index (χ4n) is 6.63. The third-order valence-electron chi connectivity index (χ3n) is 9.14. The summed E-state index contributed by atoms with van der Waals surface area (Å²) < 4.78 is 56.7. The van der Waals surface area contributed by atoms with Crippen LogP contribution in [0.4, 0.5) is 24.9 Å². The number of aromatic nitrogens is 4. The lowest BCUT2D eigenvalue weighted by Crippen LogP contribution is -2.41. The summed E-state index contributed by atoms with van der Waals surface area (Å²) in [7, 11) is 0. The minimum Gasteiger partial charge on any atom is -0.480 e. The highest BCUT2D eigenvalue weighted by molar-refractivity contribution is 5.90. The standard InChI is InChI=1S/C31H36F3N7O5/c1-18-8-11-41(39-18)23-14-19(28(44)45-20-4-2-3-5-20)6-7-21(23)26(31(32,33)34)46-25-15-24(37-29(35)38-25)40-12-9-30(10-13-40)16-22(27(42)43)36-17-30/h6-8,11,14-15,20,22,26,36H,2-5,9-10,12-13,16-17H2,1H3,(H,42,43)(H2,35,37,38)/t22-,26+/m0/s1. The van der Waals surface area contributed by atoms with Crippen molar-refractivity contribution in [3.63, 3.8) is 0 Å². The maximum Gasteiger partial charge on any atom is 0.429 e. The number of esters is 1. The summed E-state index contributed by atoms with van der Waals surface area (Å²) in [6, 6.07) is 6.20. The molecule has 15 heteroatoms. The summed E-state index contributed by atoms with van der Waals surface area (Å²) in [5.41, 5.74) is 6.17. The first kappa shape index (κ1) is 31.6. The summed E-state index contributed by atoms with van der Waals surface area (Å²) in [6.45, 7) is 3.30. The van der Waals surface area contributed by atoms with Gasteiger partial charge in [0.1, 0.15) is 18.0 Å². The first-order chi connectivity index (χ1) is 21.9. The highest BCUT2D eigenvalue weighted by Crippen LogP contribution is 2.42. The number of carbonyl (C=O) groups is 2. The van der Waals surface area contributed by atoms with E-state index in [9.17, 15) is 27.9 Å². The lowest BCUT2D eigenvalue weighted by Gasteiger charge is -2.39. The van der Waals surface area contributed by atoms with Gasteiger partial charge in [-0.1, -0.05) is 6.07 Å². The van der Waals surface area contributed by atoms with Crippen molar-refractivity contribution in [2.45, 2.75) is 76.3 Å². The summed E-state index contributed by atoms with van der Waals surface area (Å²) >= 11 is 0. The van der Waals surface area contributed by atoms with Crippen molar-refractivity contribution in [1.82, 2.24) is 25.1 Å². The molecule has 2 saturated heterocycles. The third kappa shape index (κ3) is 6.73. The van der Waals surface area contributed by atoms with E-state index in [1.165, 1.54) is 35.1 Å². The second-order valence-electron chi connectivity index (χ2n) is 12.4. The summed E-state index contributed by atoms with van der Waals surface area (Å²) in [4.78, 5) is 34.5. The molecule has 1 aliphatic carbocycles. The number of anilines is 2. The second-order valence-corrected chi connectivity index (χ2v) is 12.4. The molecule has 246 valence electrons. The minimum atomic E-state index is -4.89. The number of halogens is 3. The Morgan fingerprint density at radius 1 is 1.13 bits per heavy atom. The Hall–Kier alpha value is -4.40. The van der Waals surface area contributed by atoms with Gasteiger partial charge in [0.05, 0.1) is 16.9 Å². The number of nitrogen functional groups attached to an aromatic ring is 1. The van der Waals surface area contributed by atoms with Crippen molar-refractivity contribution in [3.8, 4) is 11.6 Å². The van der Waals surface area contributed by atoms with E-state index in [0.29, 0.717) is 50.4 Å². The molecule has 2 aliphatic heterocycles. The molecule has 4 heterocycles. The summed E-state index contributed by atoms with van der Waals surface area (Å²) in [6.07, 6.45) is -0.799. The zero-order valence-corrected chi connectivity index (χ0v) is 25.3. The van der Waals surface area contributed by atoms with Crippen LogP contribution in [0, 0.1) is 12.3 Å². The molecular weight excluding hydrogens is 607 g/mol. The molecule has 2 aromatic heterocycles. The summed E-state index contributed by atoms with van der Waals surface area (Å²) in [5.74, 6) is -1.81. The van der Waals surface area contributed by atoms with Gasteiger partial charge < -0.3 is 30.5 Å². The number of nitrogens with zero attached hydrogens (tertiary/aromatic N) is 5. The van der Waals surface area contributed by atoms with Crippen LogP contribution in [0.2, 0.25) is 0 Å². The molecule has 3 aliphatic rings. The van der Waals surface area contributed by atoms with E-state index in [-0.39, 0.29) is 40.2 Å². The zero-order chi connectivity index (χ0) is 32.6. The number of carbonyl (C=O) groups excluding carboxylic acids is 1. The van der Waals surface area contributed by atoms with Crippen LogP contribution in [0.25, 0.3) is 5.69 Å². The number of aliphatic carboxylic acids is 1. The van der Waals surface area contributed by atoms with E-state index < -0.39 is 30.3 Å². The van der Waals surface area contributed by atoms with Crippen LogP contribution in [-0.4, -0.2) is 74.7 Å². The Morgan fingerprint density at radius 3 is 2.50 bits per heavy atom. The van der Waals surface area contributed by atoms with Gasteiger partial charge in [0.25, 0.3) is 0 Å². The van der Waals surface area contributed by atoms with Crippen LogP contribution < -0.4 is 20.7 Å². The smallest absolute Gasteiger partial charge is 0.429 e. The number of alkyl halides is 3. The fraction of sp³-hybridized carbons (Fsp3) is 0.516. The monoisotopic (exact) mass is 643 g/mol. The first-order valence-electron chi connectivity index (χ1n) is 15.4. The Bertz CT molecular complexity index is 1600. The molecule has 1 saturated carbocycles. The minimum absolute atomic E-state index is 0.00437. The molecule has 2 atom stereocenters. The van der Waals surface area contributed by atoms with E-state index in [4.69, 9.17) is 15.2 Å². The number of carboxylic acids is 1. The molecule has 0 bridgehead atoms. The Balaban J connectivity index is 1.27. The fourth-order valence-corrected chi connectivity index (χ4v) is 6.63. The van der Waals surface area contributed by atoms with Crippen molar-refractivity contribution in [2.24, 2.45) is 5.41 Å². The van der Waals surface area contributed by atoms with Crippen LogP contribution in [0.15, 0.2) is 36.5 Å². The lowest BCUT2D eigenvalue weighted by molar-refractivity contribution is -0.198. The molecule has 6 rings (SSSR count). The van der Waals surface area contributed by atoms with Crippen LogP contribution in [0.3, 0.4) is 0 Å². The second kappa shape index (κ2) is 12.4. The first-order valence-corrected chi connectivity index (χ1v) is 15.4. The van der Waals surface area contributed by atoms with E-state index in [2.05, 4.69) is 20.4 Å². The number of hydrogen-bond donors (Lipinski definition) is 3. The van der Waals surface area contributed by atoms with Crippen molar-refractivity contribution < 1.29 is 37.3 Å². The van der Waals surface area contributed by atoms with Gasteiger partial charge >= 0.3 is 18.1 Å². The number of benzene rings is 1. The molecule has 1 aromatic carbocycles. The molecule has 12 nitrogen and oxygen atoms in total. The Labute approximate surface area is 263 Å². The molecule has 1 spiro atoms. The Kier molecular flexibility index (Phi) is 8.53. The van der Waals surface area contributed by atoms with Gasteiger partial charge in [0.15, 0.2) is 0 Å². The zero-order valence-electron chi connectivity index (χ0n) is 25.3. The molecule has 0 radical (unpaired) electrons. The molecule has 3 fully saturated rings. The maximum atomic E-state index is 14.8. The molecule has 0 amide bonds. The Morgan fingerprint density at radius 2 is 1.87 bits per heavy atom. The van der Waals surface area contributed by atoms with Crippen LogP contribution >= 0.6 is 0 Å². The predicted octanol–water partition coefficient (Wildman–Crippen LogP) is 4.37. The van der Waals surface area contributed by atoms with Crippen molar-refractivity contribution in [3.05, 3.63) is 53.3 Å². The normalized spacial score (nSPS) is 20.6. The number of carboxylic acid groups (broad SMARTS) is 1. The predicted molar refractivity (Wildman–Crippen MR) is 160 cm³/mol. The summed E-state index contributed by atoms with van der Waals surface area (Å²) in [5, 5.41) is 16.7. The van der Waals surface area contributed by atoms with E-state index >= 15 is 0 Å². The van der Waals surface area contributed by atoms with Crippen molar-refractivity contribution >= 4 is 23.7 Å².